The number of hydrogen-bond acceptors (Lipinski definition) is 6. The third kappa shape index (κ3) is 3.30. The maximum atomic E-state index is 5.30. The molecular formula is C18H16N6O. The van der Waals surface area contributed by atoms with Crippen LogP contribution in [-0.2, 0) is 13.0 Å². The lowest BCUT2D eigenvalue weighted by molar-refractivity contribution is 0.356. The number of aromatic nitrogens is 6. The predicted molar refractivity (Wildman–Crippen MR) is 91.5 cm³/mol. The van der Waals surface area contributed by atoms with Gasteiger partial charge in [-0.05, 0) is 17.2 Å². The van der Waals surface area contributed by atoms with Crippen molar-refractivity contribution in [1.82, 2.24) is 30.3 Å². The Hall–Kier alpha value is -3.35. The monoisotopic (exact) mass is 332 g/mol. The average Bonchev–Trinajstić information content (AvgIpc) is 3.33. The van der Waals surface area contributed by atoms with Gasteiger partial charge in [-0.2, -0.15) is 9.78 Å². The van der Waals surface area contributed by atoms with E-state index in [-0.39, 0.29) is 6.54 Å². The first-order chi connectivity index (χ1) is 12.3. The molecule has 0 bridgehead atoms. The summed E-state index contributed by atoms with van der Waals surface area (Å²) in [5.41, 5.74) is 3.10. The van der Waals surface area contributed by atoms with Crippen molar-refractivity contribution >= 4 is 0 Å². The van der Waals surface area contributed by atoms with Gasteiger partial charge in [0.1, 0.15) is 6.54 Å². The Labute approximate surface area is 144 Å². The molecule has 0 unspecified atom stereocenters. The second-order valence-corrected chi connectivity index (χ2v) is 5.57. The zero-order valence-electron chi connectivity index (χ0n) is 13.7. The second-order valence-electron chi connectivity index (χ2n) is 5.57. The van der Waals surface area contributed by atoms with E-state index in [0.29, 0.717) is 17.5 Å². The highest BCUT2D eigenvalue weighted by Gasteiger charge is 2.12. The highest BCUT2D eigenvalue weighted by molar-refractivity contribution is 5.54. The first kappa shape index (κ1) is 15.2. The molecule has 0 radical (unpaired) electrons. The lowest BCUT2D eigenvalue weighted by Crippen LogP contribution is -2.04. The topological polar surface area (TPSA) is 82.5 Å². The average molecular weight is 332 g/mol. The largest absolute Gasteiger partial charge is 0.337 e. The molecule has 7 heteroatoms. The standard InChI is InChI=1S/C18H16N6O/c1-2-13-8-10-15(11-9-13)17-19-16(25-22-17)12-24-21-18(20-23-24)14-6-4-3-5-7-14/h3-11H,2,12H2,1H3. The molecule has 0 aliphatic rings. The van der Waals surface area contributed by atoms with Crippen LogP contribution in [0.1, 0.15) is 18.4 Å². The van der Waals surface area contributed by atoms with Crippen LogP contribution in [0.25, 0.3) is 22.8 Å². The van der Waals surface area contributed by atoms with Gasteiger partial charge in [-0.15, -0.1) is 10.2 Å². The van der Waals surface area contributed by atoms with Gasteiger partial charge in [-0.3, -0.25) is 0 Å². The van der Waals surface area contributed by atoms with Crippen LogP contribution in [0.2, 0.25) is 0 Å². The third-order valence-corrected chi connectivity index (χ3v) is 3.85. The number of benzene rings is 2. The lowest BCUT2D eigenvalue weighted by atomic mass is 10.1. The third-order valence-electron chi connectivity index (χ3n) is 3.85. The molecule has 0 aliphatic heterocycles. The van der Waals surface area contributed by atoms with Crippen LogP contribution in [0.5, 0.6) is 0 Å². The van der Waals surface area contributed by atoms with Gasteiger partial charge in [0.25, 0.3) is 5.89 Å². The number of aryl methyl sites for hydroxylation is 1. The van der Waals surface area contributed by atoms with Crippen LogP contribution in [0.15, 0.2) is 59.1 Å². The molecule has 0 saturated heterocycles. The molecular weight excluding hydrogens is 316 g/mol. The smallest absolute Gasteiger partial charge is 0.250 e. The summed E-state index contributed by atoms with van der Waals surface area (Å²) in [6, 6.07) is 17.8. The minimum Gasteiger partial charge on any atom is -0.337 e. The van der Waals surface area contributed by atoms with Gasteiger partial charge in [0.2, 0.25) is 11.6 Å². The van der Waals surface area contributed by atoms with Gasteiger partial charge in [0.05, 0.1) is 0 Å². The zero-order chi connectivity index (χ0) is 17.1. The highest BCUT2D eigenvalue weighted by atomic mass is 16.5. The highest BCUT2D eigenvalue weighted by Crippen LogP contribution is 2.17. The second kappa shape index (κ2) is 6.64. The van der Waals surface area contributed by atoms with Crippen LogP contribution in [0.3, 0.4) is 0 Å². The van der Waals surface area contributed by atoms with E-state index in [1.165, 1.54) is 10.4 Å². The van der Waals surface area contributed by atoms with Crippen molar-refractivity contribution in [2.24, 2.45) is 0 Å². The van der Waals surface area contributed by atoms with Crippen molar-refractivity contribution in [2.45, 2.75) is 19.9 Å². The van der Waals surface area contributed by atoms with Crippen molar-refractivity contribution in [3.05, 3.63) is 66.1 Å². The lowest BCUT2D eigenvalue weighted by Gasteiger charge is -1.97. The van der Waals surface area contributed by atoms with E-state index >= 15 is 0 Å². The van der Waals surface area contributed by atoms with Gasteiger partial charge >= 0.3 is 0 Å². The number of nitrogens with zero attached hydrogens (tertiary/aromatic N) is 6. The van der Waals surface area contributed by atoms with Gasteiger partial charge in [0, 0.05) is 11.1 Å². The Morgan fingerprint density at radius 1 is 0.920 bits per heavy atom. The molecule has 0 amide bonds. The fraction of sp³-hybridized carbons (Fsp3) is 0.167. The fourth-order valence-electron chi connectivity index (χ4n) is 2.46. The van der Waals surface area contributed by atoms with Gasteiger partial charge in [-0.1, -0.05) is 66.7 Å². The normalized spacial score (nSPS) is 10.9. The molecule has 124 valence electrons. The molecule has 2 heterocycles. The van der Waals surface area contributed by atoms with Crippen molar-refractivity contribution in [3.63, 3.8) is 0 Å². The van der Waals surface area contributed by atoms with Gasteiger partial charge in [0.15, 0.2) is 0 Å². The summed E-state index contributed by atoms with van der Waals surface area (Å²) in [6.45, 7) is 2.40. The Morgan fingerprint density at radius 2 is 1.68 bits per heavy atom. The first-order valence-electron chi connectivity index (χ1n) is 8.07. The van der Waals surface area contributed by atoms with Crippen molar-refractivity contribution in [2.75, 3.05) is 0 Å². The Kier molecular flexibility index (Phi) is 4.04. The molecule has 0 fully saturated rings. The van der Waals surface area contributed by atoms with E-state index in [4.69, 9.17) is 4.52 Å². The SMILES string of the molecule is CCc1ccc(-c2noc(Cn3nnc(-c4ccccc4)n3)n2)cc1. The Bertz CT molecular complexity index is 959. The summed E-state index contributed by atoms with van der Waals surface area (Å²) in [6.07, 6.45) is 0.999. The molecule has 25 heavy (non-hydrogen) atoms. The van der Waals surface area contributed by atoms with Gasteiger partial charge in [-0.25, -0.2) is 0 Å². The minimum absolute atomic E-state index is 0.278. The summed E-state index contributed by atoms with van der Waals surface area (Å²) < 4.78 is 5.30. The molecule has 2 aromatic heterocycles. The van der Waals surface area contributed by atoms with Crippen LogP contribution < -0.4 is 0 Å². The molecule has 0 spiro atoms. The maximum absolute atomic E-state index is 5.30. The summed E-state index contributed by atoms with van der Waals surface area (Å²) in [7, 11) is 0. The molecule has 0 aliphatic carbocycles. The number of rotatable bonds is 5. The van der Waals surface area contributed by atoms with Crippen molar-refractivity contribution in [3.8, 4) is 22.8 Å². The molecule has 0 N–H and O–H groups in total. The predicted octanol–water partition coefficient (Wildman–Crippen LogP) is 3.00. The van der Waals surface area contributed by atoms with E-state index in [1.54, 1.807) is 0 Å². The van der Waals surface area contributed by atoms with E-state index in [2.05, 4.69) is 44.6 Å². The summed E-state index contributed by atoms with van der Waals surface area (Å²) in [5.74, 6) is 1.56. The molecule has 7 nitrogen and oxygen atoms in total. The van der Waals surface area contributed by atoms with Crippen molar-refractivity contribution < 1.29 is 4.52 Å². The summed E-state index contributed by atoms with van der Waals surface area (Å²) >= 11 is 0. The van der Waals surface area contributed by atoms with E-state index in [9.17, 15) is 0 Å². The minimum atomic E-state index is 0.278. The molecule has 0 saturated carbocycles. The molecule has 4 aromatic rings. The number of tetrazole rings is 1. The molecule has 0 atom stereocenters. The van der Waals surface area contributed by atoms with Crippen molar-refractivity contribution in [1.29, 1.82) is 0 Å². The summed E-state index contributed by atoms with van der Waals surface area (Å²) in [4.78, 5) is 5.85. The zero-order valence-corrected chi connectivity index (χ0v) is 13.7. The Morgan fingerprint density at radius 3 is 2.44 bits per heavy atom. The maximum Gasteiger partial charge on any atom is 0.250 e. The van der Waals surface area contributed by atoms with E-state index in [1.807, 2.05) is 42.5 Å². The van der Waals surface area contributed by atoms with Crippen LogP contribution in [-0.4, -0.2) is 30.3 Å². The van der Waals surface area contributed by atoms with Gasteiger partial charge < -0.3 is 4.52 Å². The van der Waals surface area contributed by atoms with E-state index in [0.717, 1.165) is 17.5 Å². The summed E-state index contributed by atoms with van der Waals surface area (Å²) in [5, 5.41) is 16.5. The van der Waals surface area contributed by atoms with E-state index < -0.39 is 0 Å². The Balaban J connectivity index is 1.50. The molecule has 4 rings (SSSR count). The van der Waals surface area contributed by atoms with Crippen LogP contribution in [0.4, 0.5) is 0 Å². The quantitative estimate of drug-likeness (QED) is 0.559. The first-order valence-corrected chi connectivity index (χ1v) is 8.07. The fourth-order valence-corrected chi connectivity index (χ4v) is 2.46. The van der Waals surface area contributed by atoms with Crippen LogP contribution in [0, 0.1) is 0 Å². The number of hydrogen-bond donors (Lipinski definition) is 0. The molecule has 2 aromatic carbocycles. The van der Waals surface area contributed by atoms with Crippen LogP contribution >= 0.6 is 0 Å².